The fourth-order valence-electron chi connectivity index (χ4n) is 2.33. The smallest absolute Gasteiger partial charge is 0.273 e. The summed E-state index contributed by atoms with van der Waals surface area (Å²) in [5.74, 6) is -0.00835. The number of aromatic nitrogens is 4. The number of hydrogen-bond donors (Lipinski definition) is 0. The van der Waals surface area contributed by atoms with Gasteiger partial charge in [0.15, 0.2) is 0 Å². The molecule has 0 unspecified atom stereocenters. The molecule has 3 rings (SSSR count). The molecule has 0 spiro atoms. The quantitative estimate of drug-likeness (QED) is 0.840. The Hall–Kier alpha value is -1.80. The second-order valence-electron chi connectivity index (χ2n) is 4.69. The van der Waals surface area contributed by atoms with E-state index in [1.54, 1.807) is 18.0 Å². The van der Waals surface area contributed by atoms with Crippen molar-refractivity contribution in [2.75, 3.05) is 20.2 Å². The van der Waals surface area contributed by atoms with Crippen molar-refractivity contribution in [1.29, 1.82) is 0 Å². The van der Waals surface area contributed by atoms with E-state index in [0.29, 0.717) is 18.8 Å². The van der Waals surface area contributed by atoms with Gasteiger partial charge < -0.3 is 9.64 Å². The van der Waals surface area contributed by atoms with Gasteiger partial charge in [0.1, 0.15) is 11.4 Å². The zero-order chi connectivity index (χ0) is 13.9. The SMILES string of the molecule is COCc1cn([C@H]2CCN(C(=O)c3cscn3)C2)nn1. The van der Waals surface area contributed by atoms with Crippen LogP contribution in [0.1, 0.15) is 28.6 Å². The average molecular weight is 293 g/mol. The summed E-state index contributed by atoms with van der Waals surface area (Å²) in [7, 11) is 1.63. The molecule has 8 heteroatoms. The molecule has 1 amide bonds. The number of thiazole rings is 1. The molecule has 3 heterocycles. The second-order valence-corrected chi connectivity index (χ2v) is 5.41. The maximum Gasteiger partial charge on any atom is 0.273 e. The Labute approximate surface area is 120 Å². The van der Waals surface area contributed by atoms with Gasteiger partial charge in [-0.25, -0.2) is 9.67 Å². The second kappa shape index (κ2) is 5.68. The molecule has 0 bridgehead atoms. The molecule has 0 radical (unpaired) electrons. The fraction of sp³-hybridized carbons (Fsp3) is 0.500. The predicted molar refractivity (Wildman–Crippen MR) is 72.4 cm³/mol. The lowest BCUT2D eigenvalue weighted by Gasteiger charge is -2.14. The van der Waals surface area contributed by atoms with Gasteiger partial charge in [-0.1, -0.05) is 5.21 Å². The fourth-order valence-corrected chi connectivity index (χ4v) is 2.85. The van der Waals surface area contributed by atoms with E-state index in [-0.39, 0.29) is 11.9 Å². The lowest BCUT2D eigenvalue weighted by molar-refractivity contribution is 0.0782. The standard InChI is InChI=1S/C12H15N5O2S/c1-19-6-9-4-17(15-14-9)10-2-3-16(5-10)12(18)11-7-20-8-13-11/h4,7-8,10H,2-3,5-6H2,1H3/t10-/m0/s1. The average Bonchev–Trinajstić information content (AvgIpc) is 3.19. The Bertz CT molecular complexity index is 582. The first-order valence-corrected chi connectivity index (χ1v) is 7.29. The minimum Gasteiger partial charge on any atom is -0.378 e. The number of carbonyl (C=O) groups is 1. The highest BCUT2D eigenvalue weighted by Gasteiger charge is 2.29. The van der Waals surface area contributed by atoms with Crippen molar-refractivity contribution in [1.82, 2.24) is 24.9 Å². The third-order valence-corrected chi connectivity index (χ3v) is 3.91. The summed E-state index contributed by atoms with van der Waals surface area (Å²) in [6.45, 7) is 1.82. The van der Waals surface area contributed by atoms with E-state index in [1.807, 2.05) is 15.8 Å². The molecule has 2 aromatic rings. The molecule has 2 aromatic heterocycles. The summed E-state index contributed by atoms with van der Waals surface area (Å²) in [4.78, 5) is 18.1. The van der Waals surface area contributed by atoms with Gasteiger partial charge in [0.2, 0.25) is 0 Å². The maximum absolute atomic E-state index is 12.2. The van der Waals surface area contributed by atoms with Crippen LogP contribution in [0.3, 0.4) is 0 Å². The summed E-state index contributed by atoms with van der Waals surface area (Å²) >= 11 is 1.43. The molecular weight excluding hydrogens is 278 g/mol. The van der Waals surface area contributed by atoms with Crippen molar-refractivity contribution in [2.45, 2.75) is 19.1 Å². The predicted octanol–water partition coefficient (Wildman–Crippen LogP) is 0.968. The molecule has 0 saturated carbocycles. The topological polar surface area (TPSA) is 73.1 Å². The van der Waals surface area contributed by atoms with Crippen LogP contribution in [0.4, 0.5) is 0 Å². The molecule has 1 atom stereocenters. The number of rotatable bonds is 4. The Morgan fingerprint density at radius 2 is 2.50 bits per heavy atom. The molecule has 0 aromatic carbocycles. The lowest BCUT2D eigenvalue weighted by atomic mass is 10.3. The molecule has 7 nitrogen and oxygen atoms in total. The van der Waals surface area contributed by atoms with Crippen LogP contribution in [0.25, 0.3) is 0 Å². The third-order valence-electron chi connectivity index (χ3n) is 3.33. The molecule has 1 aliphatic heterocycles. The third kappa shape index (κ3) is 2.56. The van der Waals surface area contributed by atoms with Gasteiger partial charge in [0.05, 0.1) is 24.4 Å². The largest absolute Gasteiger partial charge is 0.378 e. The number of carbonyl (C=O) groups excluding carboxylic acids is 1. The number of hydrogen-bond acceptors (Lipinski definition) is 6. The van der Waals surface area contributed by atoms with Crippen LogP contribution in [0.5, 0.6) is 0 Å². The number of amides is 1. The number of ether oxygens (including phenoxy) is 1. The zero-order valence-electron chi connectivity index (χ0n) is 11.1. The van der Waals surface area contributed by atoms with Crippen molar-refractivity contribution in [3.05, 3.63) is 28.5 Å². The summed E-state index contributed by atoms with van der Waals surface area (Å²) in [6, 6.07) is 0.177. The molecule has 1 fully saturated rings. The van der Waals surface area contributed by atoms with Gasteiger partial charge in [-0.15, -0.1) is 16.4 Å². The van der Waals surface area contributed by atoms with Crippen LogP contribution < -0.4 is 0 Å². The van der Waals surface area contributed by atoms with Gasteiger partial charge in [0.25, 0.3) is 5.91 Å². The molecule has 106 valence electrons. The highest BCUT2D eigenvalue weighted by atomic mass is 32.1. The molecular formula is C12H15N5O2S. The number of likely N-dealkylation sites (tertiary alicyclic amines) is 1. The monoisotopic (exact) mass is 293 g/mol. The van der Waals surface area contributed by atoms with Crippen LogP contribution in [0.2, 0.25) is 0 Å². The Morgan fingerprint density at radius 3 is 3.25 bits per heavy atom. The highest BCUT2D eigenvalue weighted by Crippen LogP contribution is 2.22. The Balaban J connectivity index is 1.65. The van der Waals surface area contributed by atoms with E-state index < -0.39 is 0 Å². The first-order valence-electron chi connectivity index (χ1n) is 6.35. The van der Waals surface area contributed by atoms with Crippen LogP contribution in [-0.4, -0.2) is 51.0 Å². The van der Waals surface area contributed by atoms with Crippen molar-refractivity contribution in [3.8, 4) is 0 Å². The van der Waals surface area contributed by atoms with E-state index in [1.165, 1.54) is 11.3 Å². The van der Waals surface area contributed by atoms with Crippen molar-refractivity contribution < 1.29 is 9.53 Å². The number of methoxy groups -OCH3 is 1. The molecule has 0 N–H and O–H groups in total. The van der Waals surface area contributed by atoms with Gasteiger partial charge in [-0.3, -0.25) is 4.79 Å². The minimum atomic E-state index is -0.00835. The van der Waals surface area contributed by atoms with E-state index in [2.05, 4.69) is 15.3 Å². The Morgan fingerprint density at radius 1 is 1.60 bits per heavy atom. The summed E-state index contributed by atoms with van der Waals surface area (Å²) in [6.07, 6.45) is 2.76. The van der Waals surface area contributed by atoms with E-state index in [0.717, 1.165) is 18.7 Å². The van der Waals surface area contributed by atoms with E-state index >= 15 is 0 Å². The zero-order valence-corrected chi connectivity index (χ0v) is 11.9. The van der Waals surface area contributed by atoms with Crippen LogP contribution >= 0.6 is 11.3 Å². The summed E-state index contributed by atoms with van der Waals surface area (Å²) in [5.41, 5.74) is 3.00. The molecule has 20 heavy (non-hydrogen) atoms. The summed E-state index contributed by atoms with van der Waals surface area (Å²) in [5, 5.41) is 9.93. The van der Waals surface area contributed by atoms with E-state index in [4.69, 9.17) is 4.74 Å². The van der Waals surface area contributed by atoms with Crippen LogP contribution in [-0.2, 0) is 11.3 Å². The molecule has 0 aliphatic carbocycles. The van der Waals surface area contributed by atoms with Gasteiger partial charge in [0, 0.05) is 25.6 Å². The summed E-state index contributed by atoms with van der Waals surface area (Å²) < 4.78 is 6.85. The normalized spacial score (nSPS) is 18.6. The van der Waals surface area contributed by atoms with Gasteiger partial charge in [-0.2, -0.15) is 0 Å². The first-order chi connectivity index (χ1) is 9.78. The molecule has 1 saturated heterocycles. The van der Waals surface area contributed by atoms with E-state index in [9.17, 15) is 4.79 Å². The van der Waals surface area contributed by atoms with Crippen molar-refractivity contribution >= 4 is 17.2 Å². The molecule has 1 aliphatic rings. The van der Waals surface area contributed by atoms with Crippen LogP contribution in [0, 0.1) is 0 Å². The van der Waals surface area contributed by atoms with Gasteiger partial charge in [-0.05, 0) is 6.42 Å². The van der Waals surface area contributed by atoms with Crippen LogP contribution in [0.15, 0.2) is 17.1 Å². The lowest BCUT2D eigenvalue weighted by Crippen LogP contribution is -2.29. The minimum absolute atomic E-state index is 0.00835. The first kappa shape index (κ1) is 13.2. The van der Waals surface area contributed by atoms with Gasteiger partial charge >= 0.3 is 0 Å². The maximum atomic E-state index is 12.2. The number of nitrogens with zero attached hydrogens (tertiary/aromatic N) is 5. The Kier molecular flexibility index (Phi) is 3.75. The van der Waals surface area contributed by atoms with Crippen molar-refractivity contribution in [2.24, 2.45) is 0 Å². The highest BCUT2D eigenvalue weighted by molar-refractivity contribution is 7.07. The van der Waals surface area contributed by atoms with Crippen molar-refractivity contribution in [3.63, 3.8) is 0 Å².